The van der Waals surface area contributed by atoms with Crippen LogP contribution in [-0.2, 0) is 6.54 Å². The zero-order valence-electron chi connectivity index (χ0n) is 9.81. The molecule has 18 heavy (non-hydrogen) atoms. The molecule has 2 aromatic rings. The summed E-state index contributed by atoms with van der Waals surface area (Å²) in [5, 5.41) is 3.21. The molecule has 0 aliphatic carbocycles. The number of anilines is 1. The first-order valence-electron chi connectivity index (χ1n) is 5.50. The van der Waals surface area contributed by atoms with Gasteiger partial charge in [0.05, 0.1) is 0 Å². The predicted octanol–water partition coefficient (Wildman–Crippen LogP) is 5.27. The van der Waals surface area contributed by atoms with Crippen molar-refractivity contribution in [1.29, 1.82) is 0 Å². The summed E-state index contributed by atoms with van der Waals surface area (Å²) < 4.78 is 15.5. The van der Waals surface area contributed by atoms with E-state index in [-0.39, 0.29) is 5.82 Å². The molecule has 0 bridgehead atoms. The maximum atomic E-state index is 13.5. The lowest BCUT2D eigenvalue weighted by molar-refractivity contribution is 0.612. The number of halogens is 3. The minimum Gasteiger partial charge on any atom is -0.381 e. The number of nitrogens with one attached hydrogen (secondary N) is 1. The first-order chi connectivity index (χ1) is 8.56. The summed E-state index contributed by atoms with van der Waals surface area (Å²) in [7, 11) is 0. The summed E-state index contributed by atoms with van der Waals surface area (Å²) in [6, 6.07) is 10.9. The van der Waals surface area contributed by atoms with Gasteiger partial charge in [-0.2, -0.15) is 0 Å². The Hall–Kier alpha value is -0.870. The lowest BCUT2D eigenvalue weighted by Gasteiger charge is -2.09. The summed E-state index contributed by atoms with van der Waals surface area (Å²) in [6.07, 6.45) is 0. The zero-order chi connectivity index (χ0) is 13.1. The molecule has 0 saturated carbocycles. The maximum Gasteiger partial charge on any atom is 0.128 e. The van der Waals surface area contributed by atoms with Gasteiger partial charge in [0, 0.05) is 26.7 Å². The van der Waals surface area contributed by atoms with Crippen molar-refractivity contribution >= 4 is 37.5 Å². The molecule has 0 radical (unpaired) electrons. The molecule has 1 N–H and O–H groups in total. The molecule has 0 aliphatic heterocycles. The van der Waals surface area contributed by atoms with Crippen molar-refractivity contribution in [3.8, 4) is 0 Å². The van der Waals surface area contributed by atoms with Gasteiger partial charge in [0.1, 0.15) is 5.82 Å². The minimum absolute atomic E-state index is 0.197. The predicted molar refractivity (Wildman–Crippen MR) is 80.3 cm³/mol. The molecule has 2 rings (SSSR count). The van der Waals surface area contributed by atoms with Crippen molar-refractivity contribution < 1.29 is 4.39 Å². The fourth-order valence-corrected chi connectivity index (χ4v) is 2.37. The van der Waals surface area contributed by atoms with E-state index in [1.54, 1.807) is 12.1 Å². The molecule has 94 valence electrons. The van der Waals surface area contributed by atoms with E-state index in [0.717, 1.165) is 14.6 Å². The molecular formula is C14H12Br2FN. The smallest absolute Gasteiger partial charge is 0.128 e. The molecule has 0 unspecified atom stereocenters. The van der Waals surface area contributed by atoms with Crippen molar-refractivity contribution in [2.45, 2.75) is 13.5 Å². The first kappa shape index (κ1) is 13.6. The third-order valence-corrected chi connectivity index (χ3v) is 4.01. The van der Waals surface area contributed by atoms with E-state index < -0.39 is 0 Å². The van der Waals surface area contributed by atoms with E-state index in [9.17, 15) is 4.39 Å². The van der Waals surface area contributed by atoms with Crippen molar-refractivity contribution in [2.24, 2.45) is 0 Å². The molecular weight excluding hydrogens is 361 g/mol. The van der Waals surface area contributed by atoms with Crippen LogP contribution in [0, 0.1) is 12.7 Å². The van der Waals surface area contributed by atoms with Gasteiger partial charge in [0.2, 0.25) is 0 Å². The molecule has 0 aromatic heterocycles. The number of rotatable bonds is 3. The normalized spacial score (nSPS) is 10.4. The van der Waals surface area contributed by atoms with Crippen LogP contribution in [0.4, 0.5) is 10.1 Å². The lowest BCUT2D eigenvalue weighted by atomic mass is 10.2. The van der Waals surface area contributed by atoms with E-state index in [4.69, 9.17) is 0 Å². The van der Waals surface area contributed by atoms with Gasteiger partial charge < -0.3 is 5.32 Å². The highest BCUT2D eigenvalue weighted by molar-refractivity contribution is 9.10. The molecule has 1 nitrogen and oxygen atoms in total. The van der Waals surface area contributed by atoms with Crippen molar-refractivity contribution in [1.82, 2.24) is 0 Å². The minimum atomic E-state index is -0.197. The monoisotopic (exact) mass is 371 g/mol. The van der Waals surface area contributed by atoms with E-state index in [0.29, 0.717) is 12.1 Å². The second-order valence-electron chi connectivity index (χ2n) is 4.05. The van der Waals surface area contributed by atoms with Crippen LogP contribution in [0.5, 0.6) is 0 Å². The summed E-state index contributed by atoms with van der Waals surface area (Å²) in [4.78, 5) is 0. The Balaban J connectivity index is 2.11. The van der Waals surface area contributed by atoms with Crippen LogP contribution in [-0.4, -0.2) is 0 Å². The number of aryl methyl sites for hydroxylation is 1. The summed E-state index contributed by atoms with van der Waals surface area (Å²) in [5.74, 6) is -0.197. The van der Waals surface area contributed by atoms with Crippen LogP contribution in [0.15, 0.2) is 45.3 Å². The third-order valence-electron chi connectivity index (χ3n) is 2.66. The number of hydrogen-bond donors (Lipinski definition) is 1. The quantitative estimate of drug-likeness (QED) is 0.773. The van der Waals surface area contributed by atoms with Gasteiger partial charge in [-0.05, 0) is 42.8 Å². The van der Waals surface area contributed by atoms with Crippen LogP contribution in [0.2, 0.25) is 0 Å². The van der Waals surface area contributed by atoms with Crippen LogP contribution in [0.3, 0.4) is 0 Å². The zero-order valence-corrected chi connectivity index (χ0v) is 13.0. The highest BCUT2D eigenvalue weighted by atomic mass is 79.9. The van der Waals surface area contributed by atoms with E-state index in [2.05, 4.69) is 37.2 Å². The van der Waals surface area contributed by atoms with Crippen LogP contribution < -0.4 is 5.32 Å². The van der Waals surface area contributed by atoms with Gasteiger partial charge in [0.15, 0.2) is 0 Å². The van der Waals surface area contributed by atoms with E-state index >= 15 is 0 Å². The molecule has 0 saturated heterocycles. The summed E-state index contributed by atoms with van der Waals surface area (Å²) in [6.45, 7) is 2.49. The first-order valence-corrected chi connectivity index (χ1v) is 7.09. The second-order valence-corrected chi connectivity index (χ2v) is 5.82. The van der Waals surface area contributed by atoms with Gasteiger partial charge in [0.25, 0.3) is 0 Å². The summed E-state index contributed by atoms with van der Waals surface area (Å²) in [5.41, 5.74) is 2.78. The largest absolute Gasteiger partial charge is 0.381 e. The highest BCUT2D eigenvalue weighted by Gasteiger charge is 2.03. The fourth-order valence-electron chi connectivity index (χ4n) is 1.58. The molecule has 2 aromatic carbocycles. The van der Waals surface area contributed by atoms with Crippen molar-refractivity contribution in [3.05, 3.63) is 62.3 Å². The Bertz CT molecular complexity index is 570. The van der Waals surface area contributed by atoms with Gasteiger partial charge in [-0.1, -0.05) is 37.9 Å². The molecule has 0 heterocycles. The average molecular weight is 373 g/mol. The number of benzene rings is 2. The Labute approximate surface area is 123 Å². The molecule has 0 spiro atoms. The molecule has 0 atom stereocenters. The maximum absolute atomic E-state index is 13.5. The number of hydrogen-bond acceptors (Lipinski definition) is 1. The highest BCUT2D eigenvalue weighted by Crippen LogP contribution is 2.22. The van der Waals surface area contributed by atoms with Gasteiger partial charge in [-0.15, -0.1) is 0 Å². The standard InChI is InChI=1S/C14H12Br2FN/c1-9-2-4-12(7-13(9)16)18-8-10-6-11(15)3-5-14(10)17/h2-7,18H,8H2,1H3. The molecule has 0 aliphatic rings. The molecule has 4 heteroatoms. The topological polar surface area (TPSA) is 12.0 Å². The van der Waals surface area contributed by atoms with Crippen LogP contribution in [0.1, 0.15) is 11.1 Å². The van der Waals surface area contributed by atoms with Gasteiger partial charge in [-0.25, -0.2) is 4.39 Å². The lowest BCUT2D eigenvalue weighted by Crippen LogP contribution is -2.02. The van der Waals surface area contributed by atoms with Crippen LogP contribution in [0.25, 0.3) is 0 Å². The average Bonchev–Trinajstić information content (AvgIpc) is 2.34. The Morgan fingerprint density at radius 3 is 2.61 bits per heavy atom. The summed E-state index contributed by atoms with van der Waals surface area (Å²) >= 11 is 6.82. The SMILES string of the molecule is Cc1ccc(NCc2cc(Br)ccc2F)cc1Br. The van der Waals surface area contributed by atoms with Gasteiger partial charge in [-0.3, -0.25) is 0 Å². The Morgan fingerprint density at radius 2 is 1.89 bits per heavy atom. The van der Waals surface area contributed by atoms with Gasteiger partial charge >= 0.3 is 0 Å². The fraction of sp³-hybridized carbons (Fsp3) is 0.143. The Morgan fingerprint density at radius 1 is 1.11 bits per heavy atom. The van der Waals surface area contributed by atoms with E-state index in [1.165, 1.54) is 11.6 Å². The van der Waals surface area contributed by atoms with Crippen molar-refractivity contribution in [3.63, 3.8) is 0 Å². The van der Waals surface area contributed by atoms with Crippen molar-refractivity contribution in [2.75, 3.05) is 5.32 Å². The van der Waals surface area contributed by atoms with E-state index in [1.807, 2.05) is 25.1 Å². The van der Waals surface area contributed by atoms with Crippen LogP contribution >= 0.6 is 31.9 Å². The Kier molecular flexibility index (Phi) is 4.40. The second kappa shape index (κ2) is 5.85. The molecule has 0 fully saturated rings. The molecule has 0 amide bonds. The third kappa shape index (κ3) is 3.33.